The van der Waals surface area contributed by atoms with Gasteiger partial charge in [-0.3, -0.25) is 4.99 Å². The Kier molecular flexibility index (Phi) is 6.39. The Morgan fingerprint density at radius 2 is 1.97 bits per heavy atom. The minimum absolute atomic E-state index is 0.00314. The summed E-state index contributed by atoms with van der Waals surface area (Å²) in [5.41, 5.74) is 2.50. The second-order valence-corrected chi connectivity index (χ2v) is 7.57. The number of rotatable bonds is 7. The van der Waals surface area contributed by atoms with Gasteiger partial charge in [-0.05, 0) is 18.6 Å². The van der Waals surface area contributed by atoms with Gasteiger partial charge in [0.25, 0.3) is 0 Å². The Balaban J connectivity index is 1.72. The van der Waals surface area contributed by atoms with E-state index in [0.29, 0.717) is 36.4 Å². The predicted octanol–water partition coefficient (Wildman–Crippen LogP) is 3.20. The maximum absolute atomic E-state index is 11.4. The Bertz CT molecular complexity index is 1000. The van der Waals surface area contributed by atoms with E-state index in [1.54, 1.807) is 27.3 Å². The van der Waals surface area contributed by atoms with Crippen LogP contribution in [0.1, 0.15) is 18.2 Å². The summed E-state index contributed by atoms with van der Waals surface area (Å²) < 4.78 is 16.3. The van der Waals surface area contributed by atoms with Gasteiger partial charge < -0.3 is 29.6 Å². The summed E-state index contributed by atoms with van der Waals surface area (Å²) in [6.07, 6.45) is 0.0729. The number of aromatic amines is 1. The molecule has 8 heteroatoms. The summed E-state index contributed by atoms with van der Waals surface area (Å²) in [6.45, 7) is 1.16. The van der Waals surface area contributed by atoms with Gasteiger partial charge in [0.2, 0.25) is 0 Å². The van der Waals surface area contributed by atoms with Crippen molar-refractivity contribution in [3.05, 3.63) is 48.3 Å². The maximum Gasteiger partial charge on any atom is 0.124 e. The van der Waals surface area contributed by atoms with Crippen molar-refractivity contribution in [3.8, 4) is 11.5 Å². The molecule has 1 aliphatic rings. The van der Waals surface area contributed by atoms with E-state index in [0.717, 1.165) is 23.1 Å². The summed E-state index contributed by atoms with van der Waals surface area (Å²) >= 11 is 0. The number of para-hydroxylation sites is 2. The number of H-pyrrole nitrogens is 1. The highest BCUT2D eigenvalue weighted by Gasteiger charge is 2.36. The van der Waals surface area contributed by atoms with Crippen LogP contribution < -0.4 is 14.8 Å². The molecule has 4 rings (SSSR count). The molecular weight excluding hydrogens is 396 g/mol. The number of hydrogen-bond acceptors (Lipinski definition) is 6. The Morgan fingerprint density at radius 3 is 2.58 bits per heavy atom. The van der Waals surface area contributed by atoms with E-state index in [1.807, 2.05) is 36.4 Å². The lowest BCUT2D eigenvalue weighted by Crippen LogP contribution is -2.37. The van der Waals surface area contributed by atoms with Crippen molar-refractivity contribution in [3.63, 3.8) is 0 Å². The minimum Gasteiger partial charge on any atom is -0.497 e. The fraction of sp³-hybridized carbons (Fsp3) is 0.391. The molecule has 3 atom stereocenters. The van der Waals surface area contributed by atoms with Gasteiger partial charge in [0.05, 0.1) is 38.0 Å². The molecule has 1 aliphatic heterocycles. The maximum atomic E-state index is 11.4. The van der Waals surface area contributed by atoms with E-state index in [1.165, 1.54) is 0 Å². The SMILES string of the molecule is CN=C(Nc1cc(OC)cc(OC)c1)C(c1nc2ccccc2[nH]1)C(O)C1CCOC1. The molecule has 0 amide bonds. The smallest absolute Gasteiger partial charge is 0.124 e. The first-order valence-electron chi connectivity index (χ1n) is 10.3. The van der Waals surface area contributed by atoms with Gasteiger partial charge in [-0.25, -0.2) is 4.98 Å². The minimum atomic E-state index is -0.721. The average Bonchev–Trinajstić information content (AvgIpc) is 3.48. The van der Waals surface area contributed by atoms with E-state index >= 15 is 0 Å². The third-order valence-corrected chi connectivity index (χ3v) is 5.65. The molecule has 31 heavy (non-hydrogen) atoms. The predicted molar refractivity (Wildman–Crippen MR) is 120 cm³/mol. The van der Waals surface area contributed by atoms with Crippen LogP contribution in [0.5, 0.6) is 11.5 Å². The lowest BCUT2D eigenvalue weighted by molar-refractivity contribution is 0.0832. The molecule has 3 N–H and O–H groups in total. The number of nitrogens with one attached hydrogen (secondary N) is 2. The molecule has 8 nitrogen and oxygen atoms in total. The van der Waals surface area contributed by atoms with Gasteiger partial charge in [-0.15, -0.1) is 0 Å². The molecule has 0 radical (unpaired) electrons. The second-order valence-electron chi connectivity index (χ2n) is 7.57. The van der Waals surface area contributed by atoms with Gasteiger partial charge in [-0.2, -0.15) is 0 Å². The van der Waals surface area contributed by atoms with Gasteiger partial charge in [0, 0.05) is 43.5 Å². The number of aliphatic hydroxyl groups excluding tert-OH is 1. The lowest BCUT2D eigenvalue weighted by Gasteiger charge is -2.27. The van der Waals surface area contributed by atoms with Crippen molar-refractivity contribution in [1.82, 2.24) is 9.97 Å². The zero-order chi connectivity index (χ0) is 21.8. The summed E-state index contributed by atoms with van der Waals surface area (Å²) in [6, 6.07) is 13.3. The van der Waals surface area contributed by atoms with E-state index in [9.17, 15) is 5.11 Å². The van der Waals surface area contributed by atoms with Crippen LogP contribution in [0.15, 0.2) is 47.5 Å². The van der Waals surface area contributed by atoms with Crippen LogP contribution in [0, 0.1) is 5.92 Å². The van der Waals surface area contributed by atoms with E-state index in [2.05, 4.69) is 15.3 Å². The molecule has 3 aromatic rings. The van der Waals surface area contributed by atoms with Crippen molar-refractivity contribution < 1.29 is 19.3 Å². The van der Waals surface area contributed by atoms with Crippen LogP contribution in [0.2, 0.25) is 0 Å². The highest BCUT2D eigenvalue weighted by atomic mass is 16.5. The van der Waals surface area contributed by atoms with E-state index in [-0.39, 0.29) is 5.92 Å². The molecule has 1 fully saturated rings. The quantitative estimate of drug-likeness (QED) is 0.398. The van der Waals surface area contributed by atoms with Gasteiger partial charge in [0.15, 0.2) is 0 Å². The number of aromatic nitrogens is 2. The van der Waals surface area contributed by atoms with Crippen LogP contribution in [0.4, 0.5) is 5.69 Å². The van der Waals surface area contributed by atoms with Crippen LogP contribution in [-0.4, -0.2) is 61.5 Å². The zero-order valence-corrected chi connectivity index (χ0v) is 18.0. The molecule has 1 aromatic heterocycles. The number of aliphatic imine (C=N–C) groups is 1. The van der Waals surface area contributed by atoms with Crippen LogP contribution >= 0.6 is 0 Å². The van der Waals surface area contributed by atoms with Crippen molar-refractivity contribution in [2.24, 2.45) is 10.9 Å². The number of fused-ring (bicyclic) bond motifs is 1. The number of benzene rings is 2. The summed E-state index contributed by atoms with van der Waals surface area (Å²) in [7, 11) is 4.91. The number of amidine groups is 1. The molecule has 0 saturated carbocycles. The first kappa shape index (κ1) is 21.1. The van der Waals surface area contributed by atoms with Gasteiger partial charge >= 0.3 is 0 Å². The number of imidazole rings is 1. The number of ether oxygens (including phenoxy) is 3. The van der Waals surface area contributed by atoms with Crippen molar-refractivity contribution in [1.29, 1.82) is 0 Å². The fourth-order valence-electron chi connectivity index (χ4n) is 3.97. The van der Waals surface area contributed by atoms with Crippen molar-refractivity contribution >= 4 is 22.6 Å². The number of nitrogens with zero attached hydrogens (tertiary/aromatic N) is 2. The molecule has 0 spiro atoms. The van der Waals surface area contributed by atoms with E-state index in [4.69, 9.17) is 19.2 Å². The number of methoxy groups -OCH3 is 2. The van der Waals surface area contributed by atoms with Gasteiger partial charge in [-0.1, -0.05) is 12.1 Å². The Morgan fingerprint density at radius 1 is 1.23 bits per heavy atom. The Labute approximate surface area is 181 Å². The fourth-order valence-corrected chi connectivity index (χ4v) is 3.97. The standard InChI is InChI=1S/C23H28N4O4/c1-24-22(25-15-10-16(29-2)12-17(11-15)30-3)20(21(28)14-8-9-31-13-14)23-26-18-6-4-5-7-19(18)27-23/h4-7,10-12,14,20-21,28H,8-9,13H2,1-3H3,(H,24,25)(H,26,27). The summed E-state index contributed by atoms with van der Waals surface area (Å²) in [5.74, 6) is 2.07. The van der Waals surface area contributed by atoms with Crippen LogP contribution in [0.3, 0.4) is 0 Å². The Hall–Kier alpha value is -3.10. The molecular formula is C23H28N4O4. The second kappa shape index (κ2) is 9.36. The molecule has 0 bridgehead atoms. The molecule has 1 saturated heterocycles. The highest BCUT2D eigenvalue weighted by molar-refractivity contribution is 6.01. The molecule has 164 valence electrons. The number of anilines is 1. The first-order valence-corrected chi connectivity index (χ1v) is 10.3. The summed E-state index contributed by atoms with van der Waals surface area (Å²) in [5, 5.41) is 14.7. The first-order chi connectivity index (χ1) is 15.1. The topological polar surface area (TPSA) is 101 Å². The molecule has 2 aromatic carbocycles. The molecule has 2 heterocycles. The highest BCUT2D eigenvalue weighted by Crippen LogP contribution is 2.32. The number of aliphatic hydroxyl groups is 1. The van der Waals surface area contributed by atoms with Crippen molar-refractivity contribution in [2.75, 3.05) is 39.8 Å². The zero-order valence-electron chi connectivity index (χ0n) is 18.0. The monoisotopic (exact) mass is 424 g/mol. The van der Waals surface area contributed by atoms with Crippen LogP contribution in [-0.2, 0) is 4.74 Å². The average molecular weight is 425 g/mol. The molecule has 0 aliphatic carbocycles. The third kappa shape index (κ3) is 4.50. The number of hydrogen-bond donors (Lipinski definition) is 3. The van der Waals surface area contributed by atoms with Crippen molar-refractivity contribution in [2.45, 2.75) is 18.4 Å². The van der Waals surface area contributed by atoms with E-state index < -0.39 is 12.0 Å². The largest absolute Gasteiger partial charge is 0.497 e. The normalized spacial score (nSPS) is 18.7. The third-order valence-electron chi connectivity index (χ3n) is 5.65. The van der Waals surface area contributed by atoms with Crippen LogP contribution in [0.25, 0.3) is 11.0 Å². The lowest BCUT2D eigenvalue weighted by atomic mass is 9.88. The van der Waals surface area contributed by atoms with Gasteiger partial charge in [0.1, 0.15) is 29.1 Å². The molecule has 3 unspecified atom stereocenters. The summed E-state index contributed by atoms with van der Waals surface area (Å²) in [4.78, 5) is 12.6.